The van der Waals surface area contributed by atoms with Crippen LogP contribution < -0.4 is 16.2 Å². The topological polar surface area (TPSA) is 119 Å². The summed E-state index contributed by atoms with van der Waals surface area (Å²) >= 11 is 0. The Hall–Kier alpha value is -4.68. The van der Waals surface area contributed by atoms with Gasteiger partial charge in [-0.05, 0) is 18.4 Å². The van der Waals surface area contributed by atoms with E-state index < -0.39 is 0 Å². The van der Waals surface area contributed by atoms with Crippen LogP contribution in [0.2, 0.25) is 0 Å². The van der Waals surface area contributed by atoms with Crippen LogP contribution in [-0.4, -0.2) is 38.4 Å². The molecule has 0 spiro atoms. The van der Waals surface area contributed by atoms with Crippen molar-refractivity contribution in [1.82, 2.24) is 19.3 Å². The van der Waals surface area contributed by atoms with Crippen LogP contribution in [0, 0.1) is 11.3 Å². The van der Waals surface area contributed by atoms with E-state index in [1.807, 2.05) is 71.3 Å². The first kappa shape index (κ1) is 23.7. The SMILES string of the molecule is N#Cc1c(N2CCC[C@H](N)C2)n(Cc2ccccc2)c2c(=O)n(Cc3cc(-c4ccccc4)no3)cnc12. The van der Waals surface area contributed by atoms with Gasteiger partial charge in [-0.3, -0.25) is 9.36 Å². The quantitative estimate of drug-likeness (QED) is 0.373. The highest BCUT2D eigenvalue weighted by molar-refractivity contribution is 5.89. The first-order valence-electron chi connectivity index (χ1n) is 12.7. The van der Waals surface area contributed by atoms with Gasteiger partial charge in [-0.15, -0.1) is 0 Å². The van der Waals surface area contributed by atoms with Gasteiger partial charge in [0.05, 0.1) is 12.9 Å². The lowest BCUT2D eigenvalue weighted by Gasteiger charge is -2.33. The maximum atomic E-state index is 13.9. The predicted octanol–water partition coefficient (Wildman–Crippen LogP) is 3.75. The highest BCUT2D eigenvalue weighted by Crippen LogP contribution is 2.32. The Kier molecular flexibility index (Phi) is 6.23. The van der Waals surface area contributed by atoms with Crippen LogP contribution in [0.15, 0.2) is 82.4 Å². The van der Waals surface area contributed by atoms with Crippen molar-refractivity contribution in [2.45, 2.75) is 32.0 Å². The number of hydrogen-bond donors (Lipinski definition) is 1. The van der Waals surface area contributed by atoms with Gasteiger partial charge in [0.25, 0.3) is 5.56 Å². The highest BCUT2D eigenvalue weighted by Gasteiger charge is 2.28. The van der Waals surface area contributed by atoms with Gasteiger partial charge in [-0.2, -0.15) is 5.26 Å². The van der Waals surface area contributed by atoms with Crippen LogP contribution in [0.25, 0.3) is 22.3 Å². The van der Waals surface area contributed by atoms with Crippen molar-refractivity contribution in [3.63, 3.8) is 0 Å². The molecule has 5 aromatic rings. The molecule has 0 bridgehead atoms. The molecular formula is C29H27N7O2. The lowest BCUT2D eigenvalue weighted by atomic mass is 10.1. The number of rotatable bonds is 6. The molecule has 2 aromatic carbocycles. The lowest BCUT2D eigenvalue weighted by molar-refractivity contribution is 0.376. The molecule has 190 valence electrons. The first-order chi connectivity index (χ1) is 18.6. The summed E-state index contributed by atoms with van der Waals surface area (Å²) in [5.74, 6) is 1.24. The lowest BCUT2D eigenvalue weighted by Crippen LogP contribution is -2.44. The number of aromatic nitrogens is 4. The molecule has 1 fully saturated rings. The Balaban J connectivity index is 1.46. The summed E-state index contributed by atoms with van der Waals surface area (Å²) in [6, 6.07) is 23.8. The van der Waals surface area contributed by atoms with Gasteiger partial charge in [0.2, 0.25) is 0 Å². The molecule has 9 nitrogen and oxygen atoms in total. The van der Waals surface area contributed by atoms with E-state index in [1.54, 1.807) is 0 Å². The average molecular weight is 506 g/mol. The second kappa shape index (κ2) is 10.00. The van der Waals surface area contributed by atoms with Crippen molar-refractivity contribution in [2.75, 3.05) is 18.0 Å². The number of benzene rings is 2. The van der Waals surface area contributed by atoms with Crippen molar-refractivity contribution in [1.29, 1.82) is 5.26 Å². The summed E-state index contributed by atoms with van der Waals surface area (Å²) < 4.78 is 8.99. The molecule has 3 aromatic heterocycles. The molecule has 1 aliphatic rings. The molecule has 1 saturated heterocycles. The minimum atomic E-state index is -0.243. The van der Waals surface area contributed by atoms with E-state index in [4.69, 9.17) is 10.3 Å². The van der Waals surface area contributed by atoms with Gasteiger partial charge in [0.1, 0.15) is 34.2 Å². The summed E-state index contributed by atoms with van der Waals surface area (Å²) in [7, 11) is 0. The minimum absolute atomic E-state index is 0.00774. The maximum absolute atomic E-state index is 13.9. The zero-order valence-electron chi connectivity index (χ0n) is 20.8. The minimum Gasteiger partial charge on any atom is -0.359 e. The van der Waals surface area contributed by atoms with E-state index in [9.17, 15) is 10.1 Å². The second-order valence-corrected chi connectivity index (χ2v) is 9.65. The van der Waals surface area contributed by atoms with Gasteiger partial charge in [-0.25, -0.2) is 4.98 Å². The second-order valence-electron chi connectivity index (χ2n) is 9.65. The molecule has 38 heavy (non-hydrogen) atoms. The zero-order chi connectivity index (χ0) is 26.1. The average Bonchev–Trinajstić information content (AvgIpc) is 3.54. The van der Waals surface area contributed by atoms with Crippen LogP contribution >= 0.6 is 0 Å². The van der Waals surface area contributed by atoms with Crippen molar-refractivity contribution in [2.24, 2.45) is 5.73 Å². The third-order valence-corrected chi connectivity index (χ3v) is 7.01. The van der Waals surface area contributed by atoms with E-state index in [2.05, 4.69) is 21.1 Å². The molecule has 0 aliphatic carbocycles. The zero-order valence-corrected chi connectivity index (χ0v) is 20.8. The van der Waals surface area contributed by atoms with E-state index >= 15 is 0 Å². The monoisotopic (exact) mass is 505 g/mol. The molecule has 2 N–H and O–H groups in total. The number of anilines is 1. The van der Waals surface area contributed by atoms with Gasteiger partial charge in [0.15, 0.2) is 5.76 Å². The van der Waals surface area contributed by atoms with Crippen molar-refractivity contribution in [3.05, 3.63) is 100 Å². The van der Waals surface area contributed by atoms with Crippen LogP contribution in [0.5, 0.6) is 0 Å². The molecule has 6 rings (SSSR count). The Bertz CT molecular complexity index is 1680. The summed E-state index contributed by atoms with van der Waals surface area (Å²) in [4.78, 5) is 20.7. The van der Waals surface area contributed by atoms with Crippen LogP contribution in [0.1, 0.15) is 29.7 Å². The molecule has 4 heterocycles. The Morgan fingerprint density at radius 1 is 1.08 bits per heavy atom. The van der Waals surface area contributed by atoms with Gasteiger partial charge < -0.3 is 19.7 Å². The number of nitrogens with zero attached hydrogens (tertiary/aromatic N) is 6. The van der Waals surface area contributed by atoms with E-state index in [1.165, 1.54) is 10.9 Å². The van der Waals surface area contributed by atoms with E-state index in [0.717, 1.165) is 30.5 Å². The van der Waals surface area contributed by atoms with E-state index in [-0.39, 0.29) is 18.1 Å². The van der Waals surface area contributed by atoms with Crippen molar-refractivity contribution >= 4 is 16.9 Å². The molecular weight excluding hydrogens is 478 g/mol. The molecule has 1 atom stereocenters. The number of fused-ring (bicyclic) bond motifs is 1. The third kappa shape index (κ3) is 4.35. The largest absolute Gasteiger partial charge is 0.359 e. The molecule has 1 aliphatic heterocycles. The Labute approximate surface area is 219 Å². The normalized spacial score (nSPS) is 15.6. The van der Waals surface area contributed by atoms with Crippen LogP contribution in [-0.2, 0) is 13.1 Å². The summed E-state index contributed by atoms with van der Waals surface area (Å²) in [5.41, 5.74) is 9.92. The molecule has 0 amide bonds. The molecule has 9 heteroatoms. The molecule has 0 saturated carbocycles. The van der Waals surface area contributed by atoms with Gasteiger partial charge >= 0.3 is 0 Å². The molecule has 0 radical (unpaired) electrons. The smallest absolute Gasteiger partial charge is 0.278 e. The predicted molar refractivity (Wildman–Crippen MR) is 145 cm³/mol. The summed E-state index contributed by atoms with van der Waals surface area (Å²) in [6.45, 7) is 1.99. The Morgan fingerprint density at radius 2 is 1.84 bits per heavy atom. The fourth-order valence-electron chi connectivity index (χ4n) is 5.22. The van der Waals surface area contributed by atoms with Crippen molar-refractivity contribution in [3.8, 4) is 17.3 Å². The van der Waals surface area contributed by atoms with Crippen molar-refractivity contribution < 1.29 is 4.52 Å². The Morgan fingerprint density at radius 3 is 2.58 bits per heavy atom. The highest BCUT2D eigenvalue weighted by atomic mass is 16.5. The van der Waals surface area contributed by atoms with E-state index in [0.29, 0.717) is 47.0 Å². The third-order valence-electron chi connectivity index (χ3n) is 7.01. The fourth-order valence-corrected chi connectivity index (χ4v) is 5.22. The molecule has 0 unspecified atom stereocenters. The number of hydrogen-bond acceptors (Lipinski definition) is 7. The standard InChI is InChI=1S/C29H27N7O2/c30-15-24-26-27(36(16-20-8-3-1-4-9-20)28(24)34-13-7-12-22(31)17-34)29(37)35(19-32-26)18-23-14-25(33-38-23)21-10-5-2-6-11-21/h1-6,8-11,14,19,22H,7,12-13,16-18,31H2/t22-/m0/s1. The summed E-state index contributed by atoms with van der Waals surface area (Å²) in [5, 5.41) is 14.4. The number of nitrogens with two attached hydrogens (primary N) is 1. The fraction of sp³-hybridized carbons (Fsp3) is 0.241. The van der Waals surface area contributed by atoms with Crippen LogP contribution in [0.4, 0.5) is 5.82 Å². The number of piperidine rings is 1. The maximum Gasteiger partial charge on any atom is 0.278 e. The van der Waals surface area contributed by atoms with Crippen LogP contribution in [0.3, 0.4) is 0 Å². The van der Waals surface area contributed by atoms with Gasteiger partial charge in [0, 0.05) is 37.3 Å². The first-order valence-corrected chi connectivity index (χ1v) is 12.7. The summed E-state index contributed by atoms with van der Waals surface area (Å²) in [6.07, 6.45) is 3.34. The number of nitriles is 1. The van der Waals surface area contributed by atoms with Gasteiger partial charge in [-0.1, -0.05) is 65.8 Å².